The molecule has 1 saturated heterocycles. The molecule has 6 nitrogen and oxygen atoms in total. The van der Waals surface area contributed by atoms with Crippen LogP contribution in [0.4, 0.5) is 0 Å². The molecule has 2 heterocycles. The fourth-order valence-corrected chi connectivity index (χ4v) is 3.22. The largest absolute Gasteiger partial charge is 0.348 e. The second-order valence-corrected chi connectivity index (χ2v) is 5.64. The van der Waals surface area contributed by atoms with Crippen molar-refractivity contribution in [2.45, 2.75) is 31.7 Å². The molecule has 0 radical (unpaired) electrons. The molecule has 6 heteroatoms. The molecule has 1 aromatic heterocycles. The van der Waals surface area contributed by atoms with Crippen molar-refractivity contribution in [1.82, 2.24) is 20.6 Å². The van der Waals surface area contributed by atoms with Crippen molar-refractivity contribution in [1.29, 1.82) is 0 Å². The van der Waals surface area contributed by atoms with E-state index < -0.39 is 0 Å². The van der Waals surface area contributed by atoms with Crippen LogP contribution in [0.25, 0.3) is 0 Å². The molecule has 1 unspecified atom stereocenters. The van der Waals surface area contributed by atoms with Crippen molar-refractivity contribution >= 4 is 11.7 Å². The molecule has 1 amide bonds. The minimum atomic E-state index is -0.262. The Morgan fingerprint density at radius 2 is 2.40 bits per heavy atom. The van der Waals surface area contributed by atoms with Gasteiger partial charge in [0.25, 0.3) is 5.91 Å². The number of hydrogen-bond acceptors (Lipinski definition) is 5. The normalized spacial score (nSPS) is 29.6. The lowest BCUT2D eigenvalue weighted by Gasteiger charge is -2.36. The number of nitrogens with one attached hydrogen (secondary N) is 2. The summed E-state index contributed by atoms with van der Waals surface area (Å²) in [5.74, 6) is 0.155. The number of aromatic nitrogens is 2. The summed E-state index contributed by atoms with van der Waals surface area (Å²) in [6, 6.07) is 1.64. The molecule has 1 aromatic rings. The van der Waals surface area contributed by atoms with Gasteiger partial charge in [0.1, 0.15) is 17.8 Å². The highest BCUT2D eigenvalue weighted by atomic mass is 16.2. The summed E-state index contributed by atoms with van der Waals surface area (Å²) < 4.78 is 0. The summed E-state index contributed by atoms with van der Waals surface area (Å²) in [6.45, 7) is 1.63. The number of rotatable bonds is 2. The van der Waals surface area contributed by atoms with Gasteiger partial charge in [-0.15, -0.1) is 0 Å². The van der Waals surface area contributed by atoms with Crippen molar-refractivity contribution in [2.24, 2.45) is 5.41 Å². The smallest absolute Gasteiger partial charge is 0.270 e. The summed E-state index contributed by atoms with van der Waals surface area (Å²) >= 11 is 0. The predicted molar refractivity (Wildman–Crippen MR) is 72.1 cm³/mol. The van der Waals surface area contributed by atoms with Crippen LogP contribution >= 0.6 is 0 Å². The second kappa shape index (κ2) is 5.28. The summed E-state index contributed by atoms with van der Waals surface area (Å²) in [7, 11) is 0. The van der Waals surface area contributed by atoms with Crippen LogP contribution in [-0.2, 0) is 4.79 Å². The number of carbonyl (C=O) groups excluding carboxylic acids is 2. The van der Waals surface area contributed by atoms with Crippen molar-refractivity contribution < 1.29 is 9.59 Å². The van der Waals surface area contributed by atoms with Crippen molar-refractivity contribution in [3.8, 4) is 0 Å². The van der Waals surface area contributed by atoms with Crippen LogP contribution in [-0.4, -0.2) is 40.8 Å². The van der Waals surface area contributed by atoms with Crippen molar-refractivity contribution in [3.63, 3.8) is 0 Å². The maximum Gasteiger partial charge on any atom is 0.270 e. The van der Waals surface area contributed by atoms with Crippen LogP contribution in [0.3, 0.4) is 0 Å². The fourth-order valence-electron chi connectivity index (χ4n) is 3.22. The predicted octanol–water partition coefficient (Wildman–Crippen LogP) is 0.308. The highest BCUT2D eigenvalue weighted by molar-refractivity contribution is 5.92. The van der Waals surface area contributed by atoms with Gasteiger partial charge in [0.2, 0.25) is 0 Å². The summed E-state index contributed by atoms with van der Waals surface area (Å²) in [4.78, 5) is 32.0. The maximum atomic E-state index is 12.1. The molecular weight excluding hydrogens is 256 g/mol. The van der Waals surface area contributed by atoms with E-state index in [0.717, 1.165) is 32.4 Å². The SMILES string of the molecule is O=C(N[C@H]1CCC(=O)C2(CCNC2)C1)c1ccncn1. The molecule has 2 N–H and O–H groups in total. The Morgan fingerprint density at radius 3 is 3.10 bits per heavy atom. The van der Waals surface area contributed by atoms with Crippen molar-refractivity contribution in [2.75, 3.05) is 13.1 Å². The quantitative estimate of drug-likeness (QED) is 0.810. The Morgan fingerprint density at radius 1 is 1.50 bits per heavy atom. The van der Waals surface area contributed by atoms with Gasteiger partial charge in [0, 0.05) is 30.6 Å². The molecule has 1 aliphatic heterocycles. The van der Waals surface area contributed by atoms with Gasteiger partial charge in [-0.05, 0) is 31.9 Å². The first-order valence-electron chi connectivity index (χ1n) is 7.00. The number of nitrogens with zero attached hydrogens (tertiary/aromatic N) is 2. The molecule has 2 fully saturated rings. The van der Waals surface area contributed by atoms with E-state index in [0.29, 0.717) is 17.9 Å². The van der Waals surface area contributed by atoms with E-state index in [-0.39, 0.29) is 17.4 Å². The van der Waals surface area contributed by atoms with E-state index in [9.17, 15) is 9.59 Å². The van der Waals surface area contributed by atoms with Crippen LogP contribution in [0.5, 0.6) is 0 Å². The zero-order chi connectivity index (χ0) is 14.0. The van der Waals surface area contributed by atoms with Crippen LogP contribution in [0.2, 0.25) is 0 Å². The average molecular weight is 274 g/mol. The van der Waals surface area contributed by atoms with Gasteiger partial charge >= 0.3 is 0 Å². The number of Topliss-reactive ketones (excluding diaryl/α,β-unsaturated/α-hetero) is 1. The van der Waals surface area contributed by atoms with Gasteiger partial charge in [0.05, 0.1) is 0 Å². The zero-order valence-electron chi connectivity index (χ0n) is 11.3. The number of amides is 1. The molecule has 1 aliphatic carbocycles. The highest BCUT2D eigenvalue weighted by Gasteiger charge is 2.45. The minimum absolute atomic E-state index is 0.0510. The maximum absolute atomic E-state index is 12.1. The van der Waals surface area contributed by atoms with E-state index in [1.165, 1.54) is 6.33 Å². The summed E-state index contributed by atoms with van der Waals surface area (Å²) in [5, 5.41) is 6.26. The first kappa shape index (κ1) is 13.2. The fraction of sp³-hybridized carbons (Fsp3) is 0.571. The Hall–Kier alpha value is -1.82. The molecule has 3 rings (SSSR count). The third kappa shape index (κ3) is 2.43. The van der Waals surface area contributed by atoms with E-state index >= 15 is 0 Å². The average Bonchev–Trinajstić information content (AvgIpc) is 2.93. The molecule has 20 heavy (non-hydrogen) atoms. The summed E-state index contributed by atoms with van der Waals surface area (Å²) in [5.41, 5.74) is 0.109. The molecule has 2 aliphatic rings. The van der Waals surface area contributed by atoms with E-state index in [1.54, 1.807) is 12.3 Å². The van der Waals surface area contributed by atoms with Gasteiger partial charge < -0.3 is 10.6 Å². The highest BCUT2D eigenvalue weighted by Crippen LogP contribution is 2.38. The van der Waals surface area contributed by atoms with Crippen LogP contribution in [0, 0.1) is 5.41 Å². The Labute approximate surface area is 117 Å². The molecule has 1 saturated carbocycles. The molecule has 2 atom stereocenters. The lowest BCUT2D eigenvalue weighted by atomic mass is 9.70. The molecule has 106 valence electrons. The van der Waals surface area contributed by atoms with E-state index in [4.69, 9.17) is 0 Å². The molecule has 0 bridgehead atoms. The Bertz CT molecular complexity index is 511. The van der Waals surface area contributed by atoms with Crippen LogP contribution < -0.4 is 10.6 Å². The number of hydrogen-bond donors (Lipinski definition) is 2. The van der Waals surface area contributed by atoms with E-state index in [1.807, 2.05) is 0 Å². The number of ketones is 1. The Balaban J connectivity index is 1.67. The topological polar surface area (TPSA) is 84.0 Å². The Kier molecular flexibility index (Phi) is 3.48. The molecular formula is C14H18N4O2. The number of carbonyl (C=O) groups is 2. The zero-order valence-corrected chi connectivity index (χ0v) is 11.3. The first-order valence-corrected chi connectivity index (χ1v) is 7.00. The van der Waals surface area contributed by atoms with Crippen LogP contribution in [0.1, 0.15) is 36.2 Å². The third-order valence-electron chi connectivity index (χ3n) is 4.34. The van der Waals surface area contributed by atoms with Gasteiger partial charge in [-0.2, -0.15) is 0 Å². The lowest BCUT2D eigenvalue weighted by Crippen LogP contribution is -2.47. The summed E-state index contributed by atoms with van der Waals surface area (Å²) in [6.07, 6.45) is 5.80. The van der Waals surface area contributed by atoms with Gasteiger partial charge in [-0.1, -0.05) is 0 Å². The van der Waals surface area contributed by atoms with Crippen LogP contribution in [0.15, 0.2) is 18.6 Å². The van der Waals surface area contributed by atoms with E-state index in [2.05, 4.69) is 20.6 Å². The first-order chi connectivity index (χ1) is 9.70. The van der Waals surface area contributed by atoms with Gasteiger partial charge in [0.15, 0.2) is 0 Å². The third-order valence-corrected chi connectivity index (χ3v) is 4.34. The minimum Gasteiger partial charge on any atom is -0.348 e. The van der Waals surface area contributed by atoms with Crippen molar-refractivity contribution in [3.05, 3.63) is 24.3 Å². The van der Waals surface area contributed by atoms with Gasteiger partial charge in [-0.3, -0.25) is 9.59 Å². The second-order valence-electron chi connectivity index (χ2n) is 5.64. The molecule has 0 aromatic carbocycles. The lowest BCUT2D eigenvalue weighted by molar-refractivity contribution is -0.130. The monoisotopic (exact) mass is 274 g/mol. The molecule has 1 spiro atoms. The van der Waals surface area contributed by atoms with Gasteiger partial charge in [-0.25, -0.2) is 9.97 Å². The standard InChI is InChI=1S/C14H18N4O2/c19-12-2-1-10(7-14(12)4-6-15-8-14)18-13(20)11-3-5-16-9-17-11/h3,5,9-10,15H,1-2,4,6-8H2,(H,18,20)/t10-,14?/m0/s1.